The van der Waals surface area contributed by atoms with Gasteiger partial charge in [-0.1, -0.05) is 77.4 Å². The van der Waals surface area contributed by atoms with Gasteiger partial charge < -0.3 is 0 Å². The number of rotatable bonds is 1. The second-order valence-electron chi connectivity index (χ2n) is 7.93. The van der Waals surface area contributed by atoms with Crippen LogP contribution in [0.1, 0.15) is 52.7 Å². The fourth-order valence-corrected chi connectivity index (χ4v) is 2.76. The quantitative estimate of drug-likeness (QED) is 0.485. The molecule has 0 amide bonds. The molecule has 0 nitrogen and oxygen atoms in total. The third-order valence-corrected chi connectivity index (χ3v) is 5.15. The summed E-state index contributed by atoms with van der Waals surface area (Å²) in [6.07, 6.45) is 0. The predicted molar refractivity (Wildman–Crippen MR) is 102 cm³/mol. The van der Waals surface area contributed by atoms with Crippen molar-refractivity contribution in [3.8, 4) is 11.1 Å². The normalized spacial score (nSPS) is 12.5. The molecule has 0 aliphatic carbocycles. The molecular weight excluding hydrogens is 356 g/mol. The minimum Gasteiger partial charge on any atom is -0.0831 e. The summed E-state index contributed by atoms with van der Waals surface area (Å²) in [5, 5.41) is 0.746. The van der Waals surface area contributed by atoms with Crippen LogP contribution in [0.3, 0.4) is 0 Å². The molecule has 0 spiro atoms. The standard InChI is InChI=1S/C20H24BrCl/c1-19(2,3)15-9-14(10-16(12-15)20(4,5)6)13-7-8-17(21)18(22)11-13/h7-12H,1-6H3. The average Bonchev–Trinajstić information content (AvgIpc) is 2.39. The molecule has 0 radical (unpaired) electrons. The smallest absolute Gasteiger partial charge is 0.0554 e. The largest absolute Gasteiger partial charge is 0.0831 e. The van der Waals surface area contributed by atoms with Crippen LogP contribution in [0.15, 0.2) is 40.9 Å². The van der Waals surface area contributed by atoms with Crippen LogP contribution in [0.4, 0.5) is 0 Å². The monoisotopic (exact) mass is 378 g/mol. The maximum atomic E-state index is 6.28. The maximum Gasteiger partial charge on any atom is 0.0554 e. The molecule has 0 unspecified atom stereocenters. The van der Waals surface area contributed by atoms with E-state index < -0.39 is 0 Å². The van der Waals surface area contributed by atoms with Gasteiger partial charge in [-0.2, -0.15) is 0 Å². The molecule has 0 saturated heterocycles. The van der Waals surface area contributed by atoms with Crippen LogP contribution in [0.5, 0.6) is 0 Å². The highest BCUT2D eigenvalue weighted by atomic mass is 79.9. The van der Waals surface area contributed by atoms with Gasteiger partial charge in [-0.05, 0) is 61.1 Å². The van der Waals surface area contributed by atoms with Crippen LogP contribution in [0.25, 0.3) is 11.1 Å². The van der Waals surface area contributed by atoms with E-state index in [1.807, 2.05) is 12.1 Å². The third kappa shape index (κ3) is 3.94. The lowest BCUT2D eigenvalue weighted by molar-refractivity contribution is 0.569. The molecule has 0 aromatic heterocycles. The van der Waals surface area contributed by atoms with Crippen molar-refractivity contribution in [1.29, 1.82) is 0 Å². The Kier molecular flexibility index (Phi) is 4.80. The van der Waals surface area contributed by atoms with Gasteiger partial charge in [-0.25, -0.2) is 0 Å². The lowest BCUT2D eigenvalue weighted by Gasteiger charge is -2.26. The van der Waals surface area contributed by atoms with Crippen molar-refractivity contribution in [2.75, 3.05) is 0 Å². The molecule has 22 heavy (non-hydrogen) atoms. The summed E-state index contributed by atoms with van der Waals surface area (Å²) in [7, 11) is 0. The van der Waals surface area contributed by atoms with Crippen molar-refractivity contribution in [3.05, 3.63) is 57.0 Å². The van der Waals surface area contributed by atoms with Crippen LogP contribution in [0, 0.1) is 0 Å². The molecule has 0 bridgehead atoms. The van der Waals surface area contributed by atoms with E-state index in [-0.39, 0.29) is 10.8 Å². The number of hydrogen-bond acceptors (Lipinski definition) is 0. The summed E-state index contributed by atoms with van der Waals surface area (Å²) < 4.78 is 0.931. The molecule has 2 rings (SSSR count). The second-order valence-corrected chi connectivity index (χ2v) is 9.19. The van der Waals surface area contributed by atoms with Gasteiger partial charge in [0.1, 0.15) is 0 Å². The zero-order chi connectivity index (χ0) is 16.7. The van der Waals surface area contributed by atoms with E-state index in [0.29, 0.717) is 0 Å². The van der Waals surface area contributed by atoms with Gasteiger partial charge >= 0.3 is 0 Å². The topological polar surface area (TPSA) is 0 Å². The van der Waals surface area contributed by atoms with Crippen LogP contribution in [0.2, 0.25) is 5.02 Å². The first-order valence-electron chi connectivity index (χ1n) is 7.60. The molecule has 0 fully saturated rings. The summed E-state index contributed by atoms with van der Waals surface area (Å²) >= 11 is 9.74. The zero-order valence-corrected chi connectivity index (χ0v) is 16.6. The molecule has 0 heterocycles. The van der Waals surface area contributed by atoms with Crippen LogP contribution < -0.4 is 0 Å². The number of benzene rings is 2. The van der Waals surface area contributed by atoms with Crippen molar-refractivity contribution < 1.29 is 0 Å². The first kappa shape index (κ1) is 17.6. The molecule has 2 heteroatoms. The molecule has 0 saturated carbocycles. The zero-order valence-electron chi connectivity index (χ0n) is 14.2. The average molecular weight is 380 g/mol. The van der Waals surface area contributed by atoms with Gasteiger partial charge in [0.25, 0.3) is 0 Å². The highest BCUT2D eigenvalue weighted by Gasteiger charge is 2.21. The summed E-state index contributed by atoms with van der Waals surface area (Å²) in [6.45, 7) is 13.5. The first-order chi connectivity index (χ1) is 9.98. The highest BCUT2D eigenvalue weighted by Crippen LogP contribution is 2.35. The van der Waals surface area contributed by atoms with E-state index in [2.05, 4.69) is 81.7 Å². The van der Waals surface area contributed by atoms with Crippen molar-refractivity contribution in [2.45, 2.75) is 52.4 Å². The van der Waals surface area contributed by atoms with Gasteiger partial charge in [-0.15, -0.1) is 0 Å². The van der Waals surface area contributed by atoms with Crippen molar-refractivity contribution >= 4 is 27.5 Å². The van der Waals surface area contributed by atoms with E-state index >= 15 is 0 Å². The Labute approximate surface area is 148 Å². The minimum absolute atomic E-state index is 0.120. The maximum absolute atomic E-state index is 6.28. The lowest BCUT2D eigenvalue weighted by Crippen LogP contribution is -2.16. The number of halogens is 2. The first-order valence-corrected chi connectivity index (χ1v) is 8.77. The second kappa shape index (κ2) is 6.02. The third-order valence-electron chi connectivity index (χ3n) is 3.92. The Morgan fingerprint density at radius 2 is 1.23 bits per heavy atom. The van der Waals surface area contributed by atoms with Gasteiger partial charge in [0.15, 0.2) is 0 Å². The Morgan fingerprint density at radius 1 is 0.727 bits per heavy atom. The van der Waals surface area contributed by atoms with Crippen molar-refractivity contribution in [3.63, 3.8) is 0 Å². The van der Waals surface area contributed by atoms with E-state index in [9.17, 15) is 0 Å². The Bertz CT molecular complexity index is 656. The summed E-state index contributed by atoms with van der Waals surface area (Å²) in [6, 6.07) is 13.1. The predicted octanol–water partition coefficient (Wildman–Crippen LogP) is 7.36. The van der Waals surface area contributed by atoms with Crippen LogP contribution in [-0.4, -0.2) is 0 Å². The van der Waals surface area contributed by atoms with Gasteiger partial charge in [-0.3, -0.25) is 0 Å². The molecule has 0 N–H and O–H groups in total. The van der Waals surface area contributed by atoms with Gasteiger partial charge in [0.2, 0.25) is 0 Å². The van der Waals surface area contributed by atoms with Crippen molar-refractivity contribution in [1.82, 2.24) is 0 Å². The lowest BCUT2D eigenvalue weighted by atomic mass is 9.79. The van der Waals surface area contributed by atoms with Crippen LogP contribution >= 0.6 is 27.5 Å². The Morgan fingerprint density at radius 3 is 1.64 bits per heavy atom. The Balaban J connectivity index is 2.67. The summed E-state index contributed by atoms with van der Waals surface area (Å²) in [5.41, 5.74) is 5.34. The molecule has 0 aliphatic rings. The number of hydrogen-bond donors (Lipinski definition) is 0. The molecule has 2 aromatic carbocycles. The summed E-state index contributed by atoms with van der Waals surface area (Å²) in [5.74, 6) is 0. The van der Waals surface area contributed by atoms with E-state index in [0.717, 1.165) is 15.1 Å². The highest BCUT2D eigenvalue weighted by molar-refractivity contribution is 9.10. The molecule has 118 valence electrons. The molecule has 2 aromatic rings. The SMILES string of the molecule is CC(C)(C)c1cc(-c2ccc(Br)c(Cl)c2)cc(C(C)(C)C)c1. The molecular formula is C20H24BrCl. The van der Waals surface area contributed by atoms with Gasteiger partial charge in [0.05, 0.1) is 5.02 Å². The summed E-state index contributed by atoms with van der Waals surface area (Å²) in [4.78, 5) is 0. The molecule has 0 aliphatic heterocycles. The Hall–Kier alpha value is -0.790. The van der Waals surface area contributed by atoms with E-state index in [1.165, 1.54) is 16.7 Å². The van der Waals surface area contributed by atoms with E-state index in [1.54, 1.807) is 0 Å². The van der Waals surface area contributed by atoms with E-state index in [4.69, 9.17) is 11.6 Å². The van der Waals surface area contributed by atoms with Gasteiger partial charge in [0, 0.05) is 4.47 Å². The minimum atomic E-state index is 0.120. The van der Waals surface area contributed by atoms with Crippen LogP contribution in [-0.2, 0) is 10.8 Å². The fraction of sp³-hybridized carbons (Fsp3) is 0.400. The van der Waals surface area contributed by atoms with Crippen molar-refractivity contribution in [2.24, 2.45) is 0 Å². The molecule has 0 atom stereocenters. The fourth-order valence-electron chi connectivity index (χ4n) is 2.34.